The predicted octanol–water partition coefficient (Wildman–Crippen LogP) is 4.20. The molecule has 1 aliphatic carbocycles. The van der Waals surface area contributed by atoms with Gasteiger partial charge < -0.3 is 10.2 Å². The SMILES string of the molecule is N#CCCC(=O)NC1CCC(CCN2CCN(c3cccc(C(F)(F)F)c3)CC2)CC1. The van der Waals surface area contributed by atoms with E-state index in [1.165, 1.54) is 12.1 Å². The molecular formula is C23H31F3N4O. The lowest BCUT2D eigenvalue weighted by molar-refractivity contribution is -0.137. The van der Waals surface area contributed by atoms with Crippen molar-refractivity contribution in [1.29, 1.82) is 5.26 Å². The standard InChI is InChI=1S/C23H31F3N4O/c24-23(25,26)19-3-1-4-21(17-19)30-15-13-29(14-16-30)12-10-18-6-8-20(9-7-18)28-22(31)5-2-11-27/h1,3-4,17-18,20H,2,5-10,12-16H2,(H,28,31). The fourth-order valence-corrected chi connectivity index (χ4v) is 4.54. The molecule has 1 N–H and O–H groups in total. The Morgan fingerprint density at radius 2 is 1.84 bits per heavy atom. The molecule has 1 aromatic rings. The summed E-state index contributed by atoms with van der Waals surface area (Å²) in [6, 6.07) is 7.82. The molecule has 8 heteroatoms. The Bertz CT molecular complexity index is 761. The Hall–Kier alpha value is -2.27. The predicted molar refractivity (Wildman–Crippen MR) is 113 cm³/mol. The number of hydrogen-bond acceptors (Lipinski definition) is 4. The summed E-state index contributed by atoms with van der Waals surface area (Å²) < 4.78 is 38.9. The van der Waals surface area contributed by atoms with Crippen molar-refractivity contribution in [1.82, 2.24) is 10.2 Å². The van der Waals surface area contributed by atoms with Crippen LogP contribution < -0.4 is 10.2 Å². The molecule has 1 aromatic carbocycles. The molecule has 0 radical (unpaired) electrons. The van der Waals surface area contributed by atoms with Gasteiger partial charge in [0.1, 0.15) is 0 Å². The van der Waals surface area contributed by atoms with E-state index < -0.39 is 11.7 Å². The number of nitrogens with zero attached hydrogens (tertiary/aromatic N) is 3. The second-order valence-electron chi connectivity index (χ2n) is 8.61. The number of carbonyl (C=O) groups excluding carboxylic acids is 1. The summed E-state index contributed by atoms with van der Waals surface area (Å²) in [4.78, 5) is 16.2. The van der Waals surface area contributed by atoms with Gasteiger partial charge in [0, 0.05) is 50.7 Å². The molecule has 2 fully saturated rings. The van der Waals surface area contributed by atoms with Crippen molar-refractivity contribution in [2.24, 2.45) is 5.92 Å². The van der Waals surface area contributed by atoms with Gasteiger partial charge in [-0.05, 0) is 62.8 Å². The van der Waals surface area contributed by atoms with E-state index in [1.807, 2.05) is 11.0 Å². The molecule has 170 valence electrons. The monoisotopic (exact) mass is 436 g/mol. The summed E-state index contributed by atoms with van der Waals surface area (Å²) in [5.41, 5.74) is 0.0499. The van der Waals surface area contributed by atoms with Gasteiger partial charge in [-0.2, -0.15) is 18.4 Å². The van der Waals surface area contributed by atoms with Crippen molar-refractivity contribution in [3.05, 3.63) is 29.8 Å². The number of anilines is 1. The Kier molecular flexibility index (Phi) is 8.19. The number of piperazine rings is 1. The first kappa shape index (κ1) is 23.4. The van der Waals surface area contributed by atoms with E-state index >= 15 is 0 Å². The van der Waals surface area contributed by atoms with Gasteiger partial charge in [0.05, 0.1) is 11.6 Å². The zero-order valence-electron chi connectivity index (χ0n) is 17.8. The fraction of sp³-hybridized carbons (Fsp3) is 0.652. The Labute approximate surface area is 182 Å². The van der Waals surface area contributed by atoms with Crippen molar-refractivity contribution in [3.8, 4) is 6.07 Å². The number of nitrogens with one attached hydrogen (secondary N) is 1. The molecule has 0 unspecified atom stereocenters. The molecule has 2 aliphatic rings. The van der Waals surface area contributed by atoms with Gasteiger partial charge in [0.15, 0.2) is 0 Å². The summed E-state index contributed by atoms with van der Waals surface area (Å²) in [5, 5.41) is 11.6. The third kappa shape index (κ3) is 7.13. The molecule has 1 aliphatic heterocycles. The van der Waals surface area contributed by atoms with E-state index in [2.05, 4.69) is 10.2 Å². The summed E-state index contributed by atoms with van der Waals surface area (Å²) in [6.45, 7) is 4.22. The van der Waals surface area contributed by atoms with Gasteiger partial charge >= 0.3 is 6.18 Å². The van der Waals surface area contributed by atoms with Gasteiger partial charge in [-0.15, -0.1) is 0 Å². The van der Waals surface area contributed by atoms with E-state index in [-0.39, 0.29) is 24.8 Å². The van der Waals surface area contributed by atoms with E-state index in [4.69, 9.17) is 5.26 Å². The van der Waals surface area contributed by atoms with Crippen molar-refractivity contribution >= 4 is 11.6 Å². The highest BCUT2D eigenvalue weighted by atomic mass is 19.4. The maximum atomic E-state index is 13.0. The minimum absolute atomic E-state index is 0.0244. The zero-order chi connectivity index (χ0) is 22.3. The third-order valence-corrected chi connectivity index (χ3v) is 6.44. The molecule has 1 saturated carbocycles. The number of carbonyl (C=O) groups is 1. The maximum absolute atomic E-state index is 13.0. The van der Waals surface area contributed by atoms with Crippen molar-refractivity contribution < 1.29 is 18.0 Å². The first-order valence-electron chi connectivity index (χ1n) is 11.2. The van der Waals surface area contributed by atoms with E-state index in [9.17, 15) is 18.0 Å². The van der Waals surface area contributed by atoms with Crippen molar-refractivity contribution in [3.63, 3.8) is 0 Å². The number of halogens is 3. The van der Waals surface area contributed by atoms with Crippen LogP contribution in [-0.2, 0) is 11.0 Å². The highest BCUT2D eigenvalue weighted by Crippen LogP contribution is 2.32. The zero-order valence-corrected chi connectivity index (χ0v) is 17.8. The fourth-order valence-electron chi connectivity index (χ4n) is 4.54. The molecule has 1 amide bonds. The van der Waals surface area contributed by atoms with E-state index in [0.717, 1.165) is 70.9 Å². The average molecular weight is 437 g/mol. The molecule has 0 bridgehead atoms. The van der Waals surface area contributed by atoms with Crippen LogP contribution in [0.1, 0.15) is 50.5 Å². The van der Waals surface area contributed by atoms with Crippen LogP contribution >= 0.6 is 0 Å². The number of nitriles is 1. The Balaban J connectivity index is 1.35. The number of hydrogen-bond donors (Lipinski definition) is 1. The number of rotatable bonds is 7. The smallest absolute Gasteiger partial charge is 0.369 e. The number of benzene rings is 1. The largest absolute Gasteiger partial charge is 0.416 e. The average Bonchev–Trinajstić information content (AvgIpc) is 2.77. The Morgan fingerprint density at radius 3 is 2.48 bits per heavy atom. The highest BCUT2D eigenvalue weighted by Gasteiger charge is 2.31. The Morgan fingerprint density at radius 1 is 1.13 bits per heavy atom. The number of amides is 1. The molecule has 3 rings (SSSR count). The van der Waals surface area contributed by atoms with Crippen LogP contribution in [0.4, 0.5) is 18.9 Å². The van der Waals surface area contributed by atoms with Crippen LogP contribution in [0.5, 0.6) is 0 Å². The van der Waals surface area contributed by atoms with E-state index in [1.54, 1.807) is 6.07 Å². The van der Waals surface area contributed by atoms with E-state index in [0.29, 0.717) is 11.6 Å². The number of alkyl halides is 3. The van der Waals surface area contributed by atoms with Crippen molar-refractivity contribution in [2.45, 2.75) is 57.2 Å². The molecule has 0 aromatic heterocycles. The summed E-state index contributed by atoms with van der Waals surface area (Å²) in [7, 11) is 0. The van der Waals surface area contributed by atoms with Crippen LogP contribution in [0.2, 0.25) is 0 Å². The molecule has 31 heavy (non-hydrogen) atoms. The first-order valence-corrected chi connectivity index (χ1v) is 11.2. The minimum atomic E-state index is -4.31. The van der Waals surface area contributed by atoms with Gasteiger partial charge in [0.2, 0.25) is 5.91 Å². The molecule has 0 atom stereocenters. The second-order valence-corrected chi connectivity index (χ2v) is 8.61. The molecule has 1 saturated heterocycles. The van der Waals surface area contributed by atoms with Gasteiger partial charge in [-0.1, -0.05) is 6.07 Å². The third-order valence-electron chi connectivity index (χ3n) is 6.44. The lowest BCUT2D eigenvalue weighted by Crippen LogP contribution is -2.47. The summed E-state index contributed by atoms with van der Waals surface area (Å²) in [5.74, 6) is 0.636. The highest BCUT2D eigenvalue weighted by molar-refractivity contribution is 5.76. The summed E-state index contributed by atoms with van der Waals surface area (Å²) >= 11 is 0. The topological polar surface area (TPSA) is 59.4 Å². The van der Waals surface area contributed by atoms with Crippen LogP contribution in [0, 0.1) is 17.2 Å². The normalized spacial score (nSPS) is 22.7. The quantitative estimate of drug-likeness (QED) is 0.696. The van der Waals surface area contributed by atoms with Crippen molar-refractivity contribution in [2.75, 3.05) is 37.6 Å². The minimum Gasteiger partial charge on any atom is -0.369 e. The van der Waals surface area contributed by atoms with Gasteiger partial charge in [-0.3, -0.25) is 9.69 Å². The van der Waals surface area contributed by atoms with Crippen LogP contribution in [0.15, 0.2) is 24.3 Å². The summed E-state index contributed by atoms with van der Waals surface area (Å²) in [6.07, 6.45) is 1.55. The second kappa shape index (κ2) is 10.9. The van der Waals surface area contributed by atoms with Crippen LogP contribution in [0.3, 0.4) is 0 Å². The maximum Gasteiger partial charge on any atom is 0.416 e. The lowest BCUT2D eigenvalue weighted by atomic mass is 9.84. The molecule has 0 spiro atoms. The molecular weight excluding hydrogens is 405 g/mol. The van der Waals surface area contributed by atoms with Gasteiger partial charge in [-0.25, -0.2) is 0 Å². The first-order chi connectivity index (χ1) is 14.8. The van der Waals surface area contributed by atoms with Crippen LogP contribution in [-0.4, -0.2) is 49.6 Å². The lowest BCUT2D eigenvalue weighted by Gasteiger charge is -2.37. The molecule has 5 nitrogen and oxygen atoms in total. The van der Waals surface area contributed by atoms with Crippen LogP contribution in [0.25, 0.3) is 0 Å². The molecule has 1 heterocycles. The van der Waals surface area contributed by atoms with Gasteiger partial charge in [0.25, 0.3) is 0 Å².